The molecule has 1 atom stereocenters. The molecule has 0 spiro atoms. The number of nitrogens with one attached hydrogen (secondary N) is 2. The normalized spacial score (nSPS) is 16.6. The number of carbonyl (C=O) groups excluding carboxylic acids is 1. The Labute approximate surface area is 170 Å². The average Bonchev–Trinajstić information content (AvgIpc) is 2.71. The smallest absolute Gasteiger partial charge is 0.368 e. The van der Waals surface area contributed by atoms with Crippen molar-refractivity contribution in [2.24, 2.45) is 4.99 Å². The number of halogens is 3. The summed E-state index contributed by atoms with van der Waals surface area (Å²) in [4.78, 5) is 20.1. The number of hydrogen-bond acceptors (Lipinski definition) is 3. The Morgan fingerprint density at radius 3 is 2.52 bits per heavy atom. The zero-order valence-corrected chi connectivity index (χ0v) is 17.2. The summed E-state index contributed by atoms with van der Waals surface area (Å²) in [6.45, 7) is 6.91. The first kappa shape index (κ1) is 22.8. The van der Waals surface area contributed by atoms with E-state index in [0.717, 1.165) is 12.5 Å². The van der Waals surface area contributed by atoms with Crippen molar-refractivity contribution < 1.29 is 18.0 Å². The SMILES string of the molecule is CCC(C)NC(=O)CCNC(=NC)N1CCN(c2cccc(C(F)(F)F)c2)CC1. The molecule has 1 aliphatic rings. The minimum atomic E-state index is -4.34. The molecule has 2 rings (SSSR count). The summed E-state index contributed by atoms with van der Waals surface area (Å²) >= 11 is 0. The van der Waals surface area contributed by atoms with Gasteiger partial charge in [-0.2, -0.15) is 13.2 Å². The van der Waals surface area contributed by atoms with E-state index in [0.29, 0.717) is 50.8 Å². The van der Waals surface area contributed by atoms with E-state index in [2.05, 4.69) is 20.5 Å². The molecule has 0 bridgehead atoms. The summed E-state index contributed by atoms with van der Waals surface area (Å²) in [6.07, 6.45) is -3.10. The molecule has 2 N–H and O–H groups in total. The van der Waals surface area contributed by atoms with E-state index in [1.165, 1.54) is 12.1 Å². The fourth-order valence-electron chi connectivity index (χ4n) is 3.12. The van der Waals surface area contributed by atoms with E-state index in [9.17, 15) is 18.0 Å². The molecule has 1 fully saturated rings. The zero-order chi connectivity index (χ0) is 21.4. The lowest BCUT2D eigenvalue weighted by Gasteiger charge is -2.37. The number of alkyl halides is 3. The van der Waals surface area contributed by atoms with Crippen LogP contribution in [-0.4, -0.2) is 62.6 Å². The van der Waals surface area contributed by atoms with E-state index in [4.69, 9.17) is 0 Å². The molecule has 1 aliphatic heterocycles. The quantitative estimate of drug-likeness (QED) is 0.556. The minimum Gasteiger partial charge on any atom is -0.368 e. The van der Waals surface area contributed by atoms with Crippen molar-refractivity contribution in [1.29, 1.82) is 0 Å². The lowest BCUT2D eigenvalue weighted by atomic mass is 10.1. The van der Waals surface area contributed by atoms with Crippen LogP contribution < -0.4 is 15.5 Å². The van der Waals surface area contributed by atoms with Crippen molar-refractivity contribution in [3.8, 4) is 0 Å². The van der Waals surface area contributed by atoms with E-state index in [1.807, 2.05) is 18.7 Å². The van der Waals surface area contributed by atoms with E-state index < -0.39 is 11.7 Å². The van der Waals surface area contributed by atoms with E-state index in [1.54, 1.807) is 13.1 Å². The van der Waals surface area contributed by atoms with Gasteiger partial charge < -0.3 is 20.4 Å². The molecule has 1 amide bonds. The lowest BCUT2D eigenvalue weighted by Crippen LogP contribution is -2.53. The molecule has 1 heterocycles. The van der Waals surface area contributed by atoms with Crippen LogP contribution in [0.2, 0.25) is 0 Å². The second kappa shape index (κ2) is 10.4. The highest BCUT2D eigenvalue weighted by Crippen LogP contribution is 2.31. The largest absolute Gasteiger partial charge is 0.416 e. The fourth-order valence-corrected chi connectivity index (χ4v) is 3.12. The van der Waals surface area contributed by atoms with Crippen molar-refractivity contribution in [1.82, 2.24) is 15.5 Å². The van der Waals surface area contributed by atoms with E-state index >= 15 is 0 Å². The number of carbonyl (C=O) groups is 1. The Balaban J connectivity index is 1.84. The third-order valence-corrected chi connectivity index (χ3v) is 4.98. The molecule has 0 aliphatic carbocycles. The number of rotatable bonds is 6. The van der Waals surface area contributed by atoms with Gasteiger partial charge in [0, 0.05) is 57.9 Å². The van der Waals surface area contributed by atoms with Gasteiger partial charge in [0.25, 0.3) is 0 Å². The maximum absolute atomic E-state index is 12.9. The molecule has 0 aromatic heterocycles. The molecular formula is C20H30F3N5O. The maximum atomic E-state index is 12.9. The molecule has 1 unspecified atom stereocenters. The van der Waals surface area contributed by atoms with Crippen LogP contribution in [0, 0.1) is 0 Å². The summed E-state index contributed by atoms with van der Waals surface area (Å²) in [6, 6.07) is 5.58. The van der Waals surface area contributed by atoms with Crippen LogP contribution in [0.4, 0.5) is 18.9 Å². The number of amides is 1. The van der Waals surface area contributed by atoms with Crippen molar-refractivity contribution in [3.63, 3.8) is 0 Å². The number of guanidine groups is 1. The molecule has 29 heavy (non-hydrogen) atoms. The zero-order valence-electron chi connectivity index (χ0n) is 17.2. The van der Waals surface area contributed by atoms with Gasteiger partial charge in [-0.15, -0.1) is 0 Å². The van der Waals surface area contributed by atoms with Crippen molar-refractivity contribution in [2.75, 3.05) is 44.7 Å². The Morgan fingerprint density at radius 2 is 1.93 bits per heavy atom. The summed E-state index contributed by atoms with van der Waals surface area (Å²) in [5.74, 6) is 0.696. The van der Waals surface area contributed by atoms with Crippen molar-refractivity contribution in [3.05, 3.63) is 29.8 Å². The van der Waals surface area contributed by atoms with Gasteiger partial charge in [-0.1, -0.05) is 13.0 Å². The van der Waals surface area contributed by atoms with Gasteiger partial charge in [-0.25, -0.2) is 0 Å². The summed E-state index contributed by atoms with van der Waals surface area (Å²) in [7, 11) is 1.68. The van der Waals surface area contributed by atoms with Crippen LogP contribution in [0.15, 0.2) is 29.3 Å². The van der Waals surface area contributed by atoms with Gasteiger partial charge in [0.15, 0.2) is 5.96 Å². The summed E-state index contributed by atoms with van der Waals surface area (Å²) in [5.41, 5.74) is -0.0605. The Morgan fingerprint density at radius 1 is 1.24 bits per heavy atom. The standard InChI is InChI=1S/C20H30F3N5O/c1-4-15(2)26-18(29)8-9-25-19(24-3)28-12-10-27(11-13-28)17-7-5-6-16(14-17)20(21,22)23/h5-7,14-15H,4,8-13H2,1-3H3,(H,24,25)(H,26,29). The van der Waals surface area contributed by atoms with Crippen LogP contribution in [0.3, 0.4) is 0 Å². The number of nitrogens with zero attached hydrogens (tertiary/aromatic N) is 3. The Bertz CT molecular complexity index is 700. The third-order valence-electron chi connectivity index (χ3n) is 4.98. The second-order valence-corrected chi connectivity index (χ2v) is 7.12. The third kappa shape index (κ3) is 6.83. The molecule has 9 heteroatoms. The predicted octanol–water partition coefficient (Wildman–Crippen LogP) is 2.71. The molecule has 0 radical (unpaired) electrons. The molecule has 0 saturated carbocycles. The van der Waals surface area contributed by atoms with Crippen LogP contribution in [0.1, 0.15) is 32.3 Å². The first-order valence-corrected chi connectivity index (χ1v) is 9.91. The number of anilines is 1. The molecule has 1 saturated heterocycles. The highest BCUT2D eigenvalue weighted by atomic mass is 19.4. The second-order valence-electron chi connectivity index (χ2n) is 7.12. The molecule has 1 aromatic carbocycles. The Kier molecular flexibility index (Phi) is 8.16. The van der Waals surface area contributed by atoms with Gasteiger partial charge in [0.05, 0.1) is 5.56 Å². The first-order chi connectivity index (χ1) is 13.7. The van der Waals surface area contributed by atoms with Crippen LogP contribution in [0.25, 0.3) is 0 Å². The summed E-state index contributed by atoms with van der Waals surface area (Å²) < 4.78 is 38.8. The Hall–Kier alpha value is -2.45. The summed E-state index contributed by atoms with van der Waals surface area (Å²) in [5, 5.41) is 6.11. The molecule has 1 aromatic rings. The molecular weight excluding hydrogens is 383 g/mol. The topological polar surface area (TPSA) is 60.0 Å². The van der Waals surface area contributed by atoms with Gasteiger partial charge in [0.2, 0.25) is 5.91 Å². The average molecular weight is 413 g/mol. The van der Waals surface area contributed by atoms with Crippen LogP contribution in [0.5, 0.6) is 0 Å². The predicted molar refractivity (Wildman–Crippen MR) is 109 cm³/mol. The van der Waals surface area contributed by atoms with Crippen LogP contribution in [-0.2, 0) is 11.0 Å². The monoisotopic (exact) mass is 413 g/mol. The molecule has 162 valence electrons. The number of aliphatic imine (C=N–C) groups is 1. The fraction of sp³-hybridized carbons (Fsp3) is 0.600. The van der Waals surface area contributed by atoms with Gasteiger partial charge in [-0.05, 0) is 31.5 Å². The lowest BCUT2D eigenvalue weighted by molar-refractivity contribution is -0.137. The van der Waals surface area contributed by atoms with Crippen molar-refractivity contribution >= 4 is 17.6 Å². The van der Waals surface area contributed by atoms with E-state index in [-0.39, 0.29) is 11.9 Å². The minimum absolute atomic E-state index is 0.00308. The highest BCUT2D eigenvalue weighted by Gasteiger charge is 2.31. The number of hydrogen-bond donors (Lipinski definition) is 2. The number of benzene rings is 1. The first-order valence-electron chi connectivity index (χ1n) is 9.91. The van der Waals surface area contributed by atoms with Gasteiger partial charge >= 0.3 is 6.18 Å². The number of piperazine rings is 1. The maximum Gasteiger partial charge on any atom is 0.416 e. The van der Waals surface area contributed by atoms with Gasteiger partial charge in [-0.3, -0.25) is 9.79 Å². The molecule has 6 nitrogen and oxygen atoms in total. The van der Waals surface area contributed by atoms with Crippen LogP contribution >= 0.6 is 0 Å². The highest BCUT2D eigenvalue weighted by molar-refractivity contribution is 5.81. The van der Waals surface area contributed by atoms with Crippen molar-refractivity contribution in [2.45, 2.75) is 38.9 Å². The van der Waals surface area contributed by atoms with Gasteiger partial charge in [0.1, 0.15) is 0 Å².